The minimum absolute atomic E-state index is 0.306. The van der Waals surface area contributed by atoms with Crippen molar-refractivity contribution in [1.82, 2.24) is 9.78 Å². The van der Waals surface area contributed by atoms with Crippen molar-refractivity contribution in [3.63, 3.8) is 0 Å². The maximum absolute atomic E-state index is 12.6. The summed E-state index contributed by atoms with van der Waals surface area (Å²) in [5.74, 6) is -0.329. The van der Waals surface area contributed by atoms with Gasteiger partial charge in [-0.25, -0.2) is 4.68 Å². The maximum atomic E-state index is 12.6. The minimum Gasteiger partial charge on any atom is -0.320 e. The summed E-state index contributed by atoms with van der Waals surface area (Å²) in [6.07, 6.45) is 0. The molecule has 0 saturated heterocycles. The molecule has 1 N–H and O–H groups in total. The highest BCUT2D eigenvalue weighted by Crippen LogP contribution is 2.27. The molecule has 128 valence electrons. The summed E-state index contributed by atoms with van der Waals surface area (Å²) in [5.41, 5.74) is 2.52. The van der Waals surface area contributed by atoms with Gasteiger partial charge in [0.05, 0.1) is 28.5 Å². The quantitative estimate of drug-likeness (QED) is 0.502. The zero-order valence-electron chi connectivity index (χ0n) is 13.3. The monoisotopic (exact) mass is 485 g/mol. The van der Waals surface area contributed by atoms with Crippen molar-refractivity contribution in [2.24, 2.45) is 0 Å². The Labute approximate surface area is 169 Å². The Bertz CT molecular complexity index is 926. The molecule has 1 aromatic heterocycles. The molecule has 0 radical (unpaired) electrons. The second-order valence-electron chi connectivity index (χ2n) is 5.47. The Balaban J connectivity index is 1.85. The molecule has 0 aliphatic rings. The minimum atomic E-state index is -0.329. The highest BCUT2D eigenvalue weighted by Gasteiger charge is 2.21. The molecule has 1 amide bonds. The van der Waals surface area contributed by atoms with Gasteiger partial charge < -0.3 is 5.32 Å². The molecule has 3 rings (SSSR count). The van der Waals surface area contributed by atoms with E-state index in [4.69, 9.17) is 23.2 Å². The van der Waals surface area contributed by atoms with Crippen molar-refractivity contribution in [2.75, 3.05) is 5.32 Å². The van der Waals surface area contributed by atoms with E-state index in [2.05, 4.69) is 33.0 Å². The van der Waals surface area contributed by atoms with Gasteiger partial charge in [0.25, 0.3) is 5.91 Å². The first-order chi connectivity index (χ1) is 12.0. The first-order valence-electron chi connectivity index (χ1n) is 7.49. The molecule has 25 heavy (non-hydrogen) atoms. The topological polar surface area (TPSA) is 46.9 Å². The Morgan fingerprint density at radius 1 is 1.20 bits per heavy atom. The Morgan fingerprint density at radius 3 is 2.60 bits per heavy atom. The number of halogens is 3. The Morgan fingerprint density at radius 2 is 1.92 bits per heavy atom. The third-order valence-corrected chi connectivity index (χ3v) is 5.01. The van der Waals surface area contributed by atoms with Crippen molar-refractivity contribution < 1.29 is 4.79 Å². The Kier molecular flexibility index (Phi) is 5.66. The first-order valence-corrected chi connectivity index (χ1v) is 9.32. The molecule has 0 aliphatic heterocycles. The normalized spacial score (nSPS) is 10.7. The number of anilines is 1. The summed E-state index contributed by atoms with van der Waals surface area (Å²) in [5, 5.41) is 7.98. The molecule has 7 heteroatoms. The van der Waals surface area contributed by atoms with E-state index in [1.165, 1.54) is 0 Å². The molecule has 2 aromatic carbocycles. The van der Waals surface area contributed by atoms with E-state index >= 15 is 0 Å². The smallest absolute Gasteiger partial charge is 0.260 e. The number of amides is 1. The number of carbonyl (C=O) groups excluding carboxylic acids is 1. The van der Waals surface area contributed by atoms with Gasteiger partial charge in [0.1, 0.15) is 5.15 Å². The van der Waals surface area contributed by atoms with Crippen molar-refractivity contribution in [3.8, 4) is 0 Å². The van der Waals surface area contributed by atoms with E-state index in [1.54, 1.807) is 23.7 Å². The van der Waals surface area contributed by atoms with Crippen molar-refractivity contribution in [3.05, 3.63) is 79.1 Å². The number of aromatic nitrogens is 2. The van der Waals surface area contributed by atoms with Crippen LogP contribution in [0.5, 0.6) is 0 Å². The van der Waals surface area contributed by atoms with E-state index in [9.17, 15) is 4.79 Å². The highest BCUT2D eigenvalue weighted by molar-refractivity contribution is 14.1. The van der Waals surface area contributed by atoms with E-state index in [0.717, 1.165) is 9.13 Å². The van der Waals surface area contributed by atoms with Crippen LogP contribution in [-0.2, 0) is 6.54 Å². The van der Waals surface area contributed by atoms with Gasteiger partial charge in [0.15, 0.2) is 0 Å². The number of benzene rings is 2. The van der Waals surface area contributed by atoms with Gasteiger partial charge in [0, 0.05) is 3.57 Å². The number of nitrogens with one attached hydrogen (secondary N) is 1. The van der Waals surface area contributed by atoms with Crippen LogP contribution in [0.1, 0.15) is 21.6 Å². The lowest BCUT2D eigenvalue weighted by molar-refractivity contribution is 0.102. The van der Waals surface area contributed by atoms with Gasteiger partial charge in [-0.1, -0.05) is 53.5 Å². The Hall–Kier alpha value is -1.57. The fourth-order valence-electron chi connectivity index (χ4n) is 2.45. The number of rotatable bonds is 4. The summed E-state index contributed by atoms with van der Waals surface area (Å²) < 4.78 is 2.61. The number of hydrogen-bond donors (Lipinski definition) is 1. The molecule has 1 heterocycles. The average Bonchev–Trinajstić information content (AvgIpc) is 2.85. The predicted octanol–water partition coefficient (Wildman–Crippen LogP) is 5.40. The predicted molar refractivity (Wildman–Crippen MR) is 110 cm³/mol. The van der Waals surface area contributed by atoms with Crippen LogP contribution in [0, 0.1) is 10.5 Å². The van der Waals surface area contributed by atoms with Crippen LogP contribution in [0.3, 0.4) is 0 Å². The lowest BCUT2D eigenvalue weighted by Crippen LogP contribution is -2.13. The van der Waals surface area contributed by atoms with Crippen LogP contribution in [0.15, 0.2) is 48.5 Å². The van der Waals surface area contributed by atoms with Gasteiger partial charge >= 0.3 is 0 Å². The average molecular weight is 486 g/mol. The van der Waals surface area contributed by atoms with Gasteiger partial charge in [-0.3, -0.25) is 4.79 Å². The van der Waals surface area contributed by atoms with Gasteiger partial charge in [-0.15, -0.1) is 0 Å². The molecule has 0 unspecified atom stereocenters. The molecule has 0 fully saturated rings. The van der Waals surface area contributed by atoms with Gasteiger partial charge in [-0.2, -0.15) is 5.10 Å². The summed E-state index contributed by atoms with van der Waals surface area (Å²) >= 11 is 14.8. The third-order valence-electron chi connectivity index (χ3n) is 3.65. The number of nitrogens with zero attached hydrogens (tertiary/aromatic N) is 2. The van der Waals surface area contributed by atoms with Crippen LogP contribution in [0.2, 0.25) is 10.2 Å². The van der Waals surface area contributed by atoms with Crippen LogP contribution in [0.25, 0.3) is 0 Å². The number of carbonyl (C=O) groups is 1. The highest BCUT2D eigenvalue weighted by atomic mass is 127. The van der Waals surface area contributed by atoms with E-state index < -0.39 is 0 Å². The fourth-order valence-corrected chi connectivity index (χ4v) is 3.67. The fraction of sp³-hybridized carbons (Fsp3) is 0.111. The summed E-state index contributed by atoms with van der Waals surface area (Å²) in [6, 6.07) is 15.2. The first kappa shape index (κ1) is 18.2. The molecule has 0 spiro atoms. The van der Waals surface area contributed by atoms with E-state index in [-0.39, 0.29) is 5.91 Å². The second-order valence-corrected chi connectivity index (χ2v) is 7.48. The zero-order chi connectivity index (χ0) is 18.0. The third kappa shape index (κ3) is 4.16. The lowest BCUT2D eigenvalue weighted by Gasteiger charge is -2.08. The molecule has 4 nitrogen and oxygen atoms in total. The van der Waals surface area contributed by atoms with Crippen LogP contribution >= 0.6 is 45.8 Å². The van der Waals surface area contributed by atoms with Crippen molar-refractivity contribution in [1.29, 1.82) is 0 Å². The molecule has 3 aromatic rings. The molecule has 0 aliphatic carbocycles. The summed E-state index contributed by atoms with van der Waals surface area (Å²) in [4.78, 5) is 12.6. The molecular formula is C18H14Cl2IN3O. The van der Waals surface area contributed by atoms with E-state index in [0.29, 0.717) is 33.7 Å². The lowest BCUT2D eigenvalue weighted by atomic mass is 10.2. The number of aryl methyl sites for hydroxylation is 1. The standard InChI is InChI=1S/C18H14Cl2IN3O/c1-11-16(18(25)22-15-8-7-13(21)9-14(15)19)17(20)24(23-11)10-12-5-3-2-4-6-12/h2-9H,10H2,1H3,(H,22,25). The number of hydrogen-bond acceptors (Lipinski definition) is 2. The maximum Gasteiger partial charge on any atom is 0.260 e. The van der Waals surface area contributed by atoms with Crippen molar-refractivity contribution in [2.45, 2.75) is 13.5 Å². The molecular weight excluding hydrogens is 472 g/mol. The molecule has 0 atom stereocenters. The van der Waals surface area contributed by atoms with Crippen LogP contribution < -0.4 is 5.32 Å². The SMILES string of the molecule is Cc1nn(Cc2ccccc2)c(Cl)c1C(=O)Nc1ccc(I)cc1Cl. The van der Waals surface area contributed by atoms with E-state index in [1.807, 2.05) is 36.4 Å². The second kappa shape index (κ2) is 7.76. The summed E-state index contributed by atoms with van der Waals surface area (Å²) in [6.45, 7) is 2.26. The zero-order valence-corrected chi connectivity index (χ0v) is 16.9. The van der Waals surface area contributed by atoms with Crippen LogP contribution in [0.4, 0.5) is 5.69 Å². The van der Waals surface area contributed by atoms with Crippen molar-refractivity contribution >= 4 is 57.4 Å². The van der Waals surface area contributed by atoms with Gasteiger partial charge in [0.2, 0.25) is 0 Å². The largest absolute Gasteiger partial charge is 0.320 e. The van der Waals surface area contributed by atoms with Crippen LogP contribution in [-0.4, -0.2) is 15.7 Å². The van der Waals surface area contributed by atoms with Gasteiger partial charge in [-0.05, 0) is 53.3 Å². The summed E-state index contributed by atoms with van der Waals surface area (Å²) in [7, 11) is 0. The molecule has 0 bridgehead atoms. The molecule has 0 saturated carbocycles.